The number of aryl methyl sites for hydroxylation is 1. The molecule has 0 aliphatic heterocycles. The van der Waals surface area contributed by atoms with E-state index in [1.165, 1.54) is 0 Å². The van der Waals surface area contributed by atoms with Crippen molar-refractivity contribution in [2.75, 3.05) is 5.32 Å². The summed E-state index contributed by atoms with van der Waals surface area (Å²) in [5.74, 6) is 0.432. The highest BCUT2D eigenvalue weighted by atomic mass is 79.9. The van der Waals surface area contributed by atoms with Crippen molar-refractivity contribution >= 4 is 38.8 Å². The lowest BCUT2D eigenvalue weighted by Crippen LogP contribution is -2.16. The Morgan fingerprint density at radius 2 is 2.05 bits per heavy atom. The molecule has 1 amide bonds. The highest BCUT2D eigenvalue weighted by Gasteiger charge is 2.13. The van der Waals surface area contributed by atoms with Crippen LogP contribution in [-0.4, -0.2) is 15.5 Å². The van der Waals surface area contributed by atoms with Gasteiger partial charge in [-0.25, -0.2) is 4.98 Å². The van der Waals surface area contributed by atoms with Crippen LogP contribution in [0.1, 0.15) is 23.7 Å². The number of amides is 1. The van der Waals surface area contributed by atoms with E-state index in [1.54, 1.807) is 12.1 Å². The summed E-state index contributed by atoms with van der Waals surface area (Å²) in [5, 5.41) is 2.92. The van der Waals surface area contributed by atoms with Gasteiger partial charge in [0.2, 0.25) is 5.95 Å². The minimum atomic E-state index is -0.158. The summed E-state index contributed by atoms with van der Waals surface area (Å²) >= 11 is 3.38. The standard InChI is InChI=1S/C17H16BrN3O/c1-2-10-21-15-9-4-3-8-14(15)19-17(21)20-16(22)12-6-5-7-13(18)11-12/h3-9,11H,2,10H2,1H3,(H,19,20,22). The molecule has 3 aromatic rings. The van der Waals surface area contributed by atoms with Crippen molar-refractivity contribution in [3.05, 3.63) is 58.6 Å². The average molecular weight is 358 g/mol. The number of carbonyl (C=O) groups is 1. The number of benzene rings is 2. The van der Waals surface area contributed by atoms with E-state index in [0.29, 0.717) is 11.5 Å². The second-order valence-corrected chi connectivity index (χ2v) is 5.96. The van der Waals surface area contributed by atoms with Gasteiger partial charge in [-0.2, -0.15) is 0 Å². The van der Waals surface area contributed by atoms with Crippen LogP contribution in [0.25, 0.3) is 11.0 Å². The van der Waals surface area contributed by atoms with Crippen molar-refractivity contribution in [3.8, 4) is 0 Å². The average Bonchev–Trinajstić information content (AvgIpc) is 2.85. The van der Waals surface area contributed by atoms with Crippen LogP contribution < -0.4 is 5.32 Å². The number of carbonyl (C=O) groups excluding carboxylic acids is 1. The summed E-state index contributed by atoms with van der Waals surface area (Å²) in [6.45, 7) is 2.92. The first-order chi connectivity index (χ1) is 10.7. The first kappa shape index (κ1) is 14.8. The third kappa shape index (κ3) is 2.90. The smallest absolute Gasteiger partial charge is 0.258 e. The summed E-state index contributed by atoms with van der Waals surface area (Å²) in [4.78, 5) is 17.0. The molecule has 0 aliphatic carbocycles. The van der Waals surface area contributed by atoms with Gasteiger partial charge in [0.15, 0.2) is 0 Å². The van der Waals surface area contributed by atoms with E-state index in [0.717, 1.165) is 28.5 Å². The second-order valence-electron chi connectivity index (χ2n) is 5.04. The molecule has 1 aromatic heterocycles. The van der Waals surface area contributed by atoms with Crippen molar-refractivity contribution in [2.24, 2.45) is 0 Å². The van der Waals surface area contributed by atoms with Gasteiger partial charge in [-0.1, -0.05) is 41.1 Å². The van der Waals surface area contributed by atoms with E-state index >= 15 is 0 Å². The molecule has 112 valence electrons. The van der Waals surface area contributed by atoms with E-state index in [2.05, 4.69) is 33.2 Å². The van der Waals surface area contributed by atoms with Gasteiger partial charge in [-0.05, 0) is 36.8 Å². The molecule has 0 atom stereocenters. The van der Waals surface area contributed by atoms with E-state index in [4.69, 9.17) is 0 Å². The van der Waals surface area contributed by atoms with Crippen LogP contribution in [0.2, 0.25) is 0 Å². The predicted molar refractivity (Wildman–Crippen MR) is 92.1 cm³/mol. The zero-order chi connectivity index (χ0) is 15.5. The lowest BCUT2D eigenvalue weighted by Gasteiger charge is -2.09. The molecule has 1 N–H and O–H groups in total. The van der Waals surface area contributed by atoms with Crippen molar-refractivity contribution in [2.45, 2.75) is 19.9 Å². The summed E-state index contributed by atoms with van der Waals surface area (Å²) in [5.41, 5.74) is 2.53. The molecule has 3 rings (SSSR count). The molecule has 5 heteroatoms. The Morgan fingerprint density at radius 1 is 1.23 bits per heavy atom. The summed E-state index contributed by atoms with van der Waals surface area (Å²) in [7, 11) is 0. The fraction of sp³-hybridized carbons (Fsp3) is 0.176. The lowest BCUT2D eigenvalue weighted by molar-refractivity contribution is 0.102. The number of imidazole rings is 1. The molecular weight excluding hydrogens is 342 g/mol. The summed E-state index contributed by atoms with van der Waals surface area (Å²) in [6, 6.07) is 15.2. The van der Waals surface area contributed by atoms with Crippen molar-refractivity contribution in [1.82, 2.24) is 9.55 Å². The molecule has 0 radical (unpaired) electrons. The van der Waals surface area contributed by atoms with Crippen molar-refractivity contribution < 1.29 is 4.79 Å². The maximum Gasteiger partial charge on any atom is 0.258 e. The van der Waals surface area contributed by atoms with Crippen LogP contribution in [0.5, 0.6) is 0 Å². The van der Waals surface area contributed by atoms with Gasteiger partial charge >= 0.3 is 0 Å². The number of anilines is 1. The second kappa shape index (κ2) is 6.32. The molecule has 0 unspecified atom stereocenters. The molecule has 2 aromatic carbocycles. The summed E-state index contributed by atoms with van der Waals surface area (Å²) < 4.78 is 2.92. The summed E-state index contributed by atoms with van der Waals surface area (Å²) in [6.07, 6.45) is 0.972. The molecule has 0 saturated carbocycles. The van der Waals surface area contributed by atoms with Crippen LogP contribution in [0.15, 0.2) is 53.0 Å². The first-order valence-electron chi connectivity index (χ1n) is 7.21. The molecule has 0 aliphatic rings. The Kier molecular flexibility index (Phi) is 4.24. The molecule has 22 heavy (non-hydrogen) atoms. The number of fused-ring (bicyclic) bond motifs is 1. The van der Waals surface area contributed by atoms with Crippen LogP contribution >= 0.6 is 15.9 Å². The largest absolute Gasteiger partial charge is 0.310 e. The Hall–Kier alpha value is -2.14. The fourth-order valence-corrected chi connectivity index (χ4v) is 2.82. The normalized spacial score (nSPS) is 10.8. The van der Waals surface area contributed by atoms with E-state index in [-0.39, 0.29) is 5.91 Å². The SMILES string of the molecule is CCCn1c(NC(=O)c2cccc(Br)c2)nc2ccccc21. The minimum Gasteiger partial charge on any atom is -0.310 e. The minimum absolute atomic E-state index is 0.158. The number of hydrogen-bond acceptors (Lipinski definition) is 2. The van der Waals surface area contributed by atoms with Crippen LogP contribution in [-0.2, 0) is 6.54 Å². The Bertz CT molecular complexity index is 826. The fourth-order valence-electron chi connectivity index (χ4n) is 2.42. The molecular formula is C17H16BrN3O. The first-order valence-corrected chi connectivity index (χ1v) is 8.00. The highest BCUT2D eigenvalue weighted by molar-refractivity contribution is 9.10. The lowest BCUT2D eigenvalue weighted by atomic mass is 10.2. The Balaban J connectivity index is 1.96. The monoisotopic (exact) mass is 357 g/mol. The van der Waals surface area contributed by atoms with Gasteiger partial charge in [0, 0.05) is 16.6 Å². The van der Waals surface area contributed by atoms with E-state index in [9.17, 15) is 4.79 Å². The van der Waals surface area contributed by atoms with Crippen LogP contribution in [0.4, 0.5) is 5.95 Å². The van der Waals surface area contributed by atoms with Gasteiger partial charge in [-0.15, -0.1) is 0 Å². The molecule has 0 bridgehead atoms. The zero-order valence-electron chi connectivity index (χ0n) is 12.2. The molecule has 0 saturated heterocycles. The maximum atomic E-state index is 12.4. The molecule has 1 heterocycles. The molecule has 4 nitrogen and oxygen atoms in total. The van der Waals surface area contributed by atoms with E-state index in [1.807, 2.05) is 41.0 Å². The number of aromatic nitrogens is 2. The van der Waals surface area contributed by atoms with Crippen molar-refractivity contribution in [1.29, 1.82) is 0 Å². The topological polar surface area (TPSA) is 46.9 Å². The number of nitrogens with one attached hydrogen (secondary N) is 1. The van der Waals surface area contributed by atoms with Crippen LogP contribution in [0, 0.1) is 0 Å². The highest BCUT2D eigenvalue weighted by Crippen LogP contribution is 2.21. The Morgan fingerprint density at radius 3 is 2.82 bits per heavy atom. The Labute approximate surface area is 137 Å². The number of hydrogen-bond donors (Lipinski definition) is 1. The zero-order valence-corrected chi connectivity index (χ0v) is 13.8. The quantitative estimate of drug-likeness (QED) is 0.749. The maximum absolute atomic E-state index is 12.4. The van der Waals surface area contributed by atoms with Crippen LogP contribution in [0.3, 0.4) is 0 Å². The van der Waals surface area contributed by atoms with Gasteiger partial charge < -0.3 is 4.57 Å². The van der Waals surface area contributed by atoms with Gasteiger partial charge in [0.05, 0.1) is 11.0 Å². The number of nitrogens with zero attached hydrogens (tertiary/aromatic N) is 2. The van der Waals surface area contributed by atoms with Gasteiger partial charge in [0.25, 0.3) is 5.91 Å². The number of halogens is 1. The predicted octanol–water partition coefficient (Wildman–Crippen LogP) is 4.46. The third-order valence-electron chi connectivity index (χ3n) is 3.41. The van der Waals surface area contributed by atoms with Crippen molar-refractivity contribution in [3.63, 3.8) is 0 Å². The molecule has 0 spiro atoms. The van der Waals surface area contributed by atoms with E-state index < -0.39 is 0 Å². The third-order valence-corrected chi connectivity index (χ3v) is 3.91. The number of rotatable bonds is 4. The molecule has 0 fully saturated rings. The van der Waals surface area contributed by atoms with Gasteiger partial charge in [-0.3, -0.25) is 10.1 Å². The number of para-hydroxylation sites is 2. The van der Waals surface area contributed by atoms with Gasteiger partial charge in [0.1, 0.15) is 0 Å².